The first kappa shape index (κ1) is 10.4. The van der Waals surface area contributed by atoms with E-state index in [1.165, 1.54) is 0 Å². The van der Waals surface area contributed by atoms with Crippen LogP contribution >= 0.6 is 27.5 Å². The molecule has 0 saturated carbocycles. The fraction of sp³-hybridized carbons (Fsp3) is 0.111. The third-order valence-corrected chi connectivity index (χ3v) is 2.49. The summed E-state index contributed by atoms with van der Waals surface area (Å²) in [5.74, 6) is 1.48. The smallest absolute Gasteiger partial charge is 0.224 e. The molecule has 0 aliphatic rings. The molecule has 0 spiro atoms. The lowest BCUT2D eigenvalue weighted by molar-refractivity contribution is 0.517. The average molecular weight is 289 g/mol. The van der Waals surface area contributed by atoms with Crippen LogP contribution in [0.5, 0.6) is 0 Å². The Bertz CT molecular complexity index is 447. The van der Waals surface area contributed by atoms with E-state index in [2.05, 4.69) is 31.2 Å². The average Bonchev–Trinajstić information content (AvgIpc) is 2.72. The largest absolute Gasteiger partial charge is 0.467 e. The van der Waals surface area contributed by atoms with Crippen LogP contribution in [0.25, 0.3) is 0 Å². The van der Waals surface area contributed by atoms with Gasteiger partial charge in [0.1, 0.15) is 11.6 Å². The lowest BCUT2D eigenvalue weighted by atomic mass is 10.4. The van der Waals surface area contributed by atoms with E-state index in [0.717, 1.165) is 10.2 Å². The molecule has 0 fully saturated rings. The summed E-state index contributed by atoms with van der Waals surface area (Å²) in [5, 5.41) is 3.29. The van der Waals surface area contributed by atoms with Crippen molar-refractivity contribution in [2.24, 2.45) is 0 Å². The molecule has 0 radical (unpaired) electrons. The van der Waals surface area contributed by atoms with Crippen LogP contribution in [0.2, 0.25) is 5.28 Å². The summed E-state index contributed by atoms with van der Waals surface area (Å²) in [6.45, 7) is 0.555. The van der Waals surface area contributed by atoms with Crippen molar-refractivity contribution < 1.29 is 4.42 Å². The Morgan fingerprint density at radius 2 is 2.40 bits per heavy atom. The Labute approximate surface area is 99.8 Å². The number of anilines is 1. The zero-order valence-electron chi connectivity index (χ0n) is 7.58. The lowest BCUT2D eigenvalue weighted by Crippen LogP contribution is -2.02. The highest BCUT2D eigenvalue weighted by atomic mass is 79.9. The van der Waals surface area contributed by atoms with Gasteiger partial charge in [-0.05, 0) is 39.7 Å². The van der Waals surface area contributed by atoms with E-state index in [9.17, 15) is 0 Å². The third kappa shape index (κ3) is 2.70. The van der Waals surface area contributed by atoms with E-state index in [4.69, 9.17) is 16.0 Å². The van der Waals surface area contributed by atoms with Crippen molar-refractivity contribution in [3.63, 3.8) is 0 Å². The fourth-order valence-electron chi connectivity index (χ4n) is 1.05. The van der Waals surface area contributed by atoms with Gasteiger partial charge >= 0.3 is 0 Å². The Kier molecular flexibility index (Phi) is 3.23. The number of aromatic nitrogens is 2. The van der Waals surface area contributed by atoms with Gasteiger partial charge in [-0.1, -0.05) is 0 Å². The van der Waals surface area contributed by atoms with Gasteiger partial charge in [0, 0.05) is 6.20 Å². The number of halogens is 2. The summed E-state index contributed by atoms with van der Waals surface area (Å²) in [6.07, 6.45) is 3.22. The van der Waals surface area contributed by atoms with Crippen LogP contribution in [-0.2, 0) is 6.54 Å². The monoisotopic (exact) mass is 287 g/mol. The number of hydrogen-bond donors (Lipinski definition) is 1. The normalized spacial score (nSPS) is 10.3. The molecule has 2 aromatic heterocycles. The molecule has 0 unspecified atom stereocenters. The molecule has 0 aliphatic carbocycles. The Morgan fingerprint density at radius 3 is 3.13 bits per heavy atom. The highest BCUT2D eigenvalue weighted by molar-refractivity contribution is 9.10. The van der Waals surface area contributed by atoms with Crippen LogP contribution in [0, 0.1) is 0 Å². The van der Waals surface area contributed by atoms with Gasteiger partial charge in [0.15, 0.2) is 0 Å². The molecule has 0 atom stereocenters. The van der Waals surface area contributed by atoms with Crippen molar-refractivity contribution in [1.29, 1.82) is 0 Å². The number of nitrogens with zero attached hydrogens (tertiary/aromatic N) is 2. The first-order chi connectivity index (χ1) is 7.25. The van der Waals surface area contributed by atoms with Crippen LogP contribution in [0.15, 0.2) is 33.5 Å². The van der Waals surface area contributed by atoms with Crippen molar-refractivity contribution in [3.05, 3.63) is 40.1 Å². The molecule has 6 heteroatoms. The van der Waals surface area contributed by atoms with Crippen LogP contribution in [0.4, 0.5) is 5.82 Å². The molecule has 1 N–H and O–H groups in total. The van der Waals surface area contributed by atoms with E-state index in [0.29, 0.717) is 12.4 Å². The summed E-state index contributed by atoms with van der Waals surface area (Å²) in [5.41, 5.74) is 0. The fourth-order valence-corrected chi connectivity index (χ4v) is 1.52. The van der Waals surface area contributed by atoms with Gasteiger partial charge in [-0.2, -0.15) is 4.98 Å². The zero-order chi connectivity index (χ0) is 10.7. The minimum Gasteiger partial charge on any atom is -0.467 e. The summed E-state index contributed by atoms with van der Waals surface area (Å²) < 4.78 is 5.93. The second kappa shape index (κ2) is 4.63. The molecular weight excluding hydrogens is 281 g/mol. The number of hydrogen-bond acceptors (Lipinski definition) is 4. The molecular formula is C9H7BrClN3O. The van der Waals surface area contributed by atoms with Gasteiger partial charge < -0.3 is 9.73 Å². The molecule has 0 aliphatic heterocycles. The van der Waals surface area contributed by atoms with Gasteiger partial charge in [0.2, 0.25) is 5.28 Å². The van der Waals surface area contributed by atoms with Gasteiger partial charge in [0.05, 0.1) is 17.3 Å². The van der Waals surface area contributed by atoms with Crippen molar-refractivity contribution in [2.45, 2.75) is 6.54 Å². The highest BCUT2D eigenvalue weighted by Crippen LogP contribution is 2.20. The van der Waals surface area contributed by atoms with Crippen molar-refractivity contribution in [2.75, 3.05) is 5.32 Å². The van der Waals surface area contributed by atoms with Gasteiger partial charge in [0.25, 0.3) is 0 Å². The summed E-state index contributed by atoms with van der Waals surface area (Å²) in [7, 11) is 0. The topological polar surface area (TPSA) is 51.0 Å². The highest BCUT2D eigenvalue weighted by Gasteiger charge is 2.03. The van der Waals surface area contributed by atoms with Gasteiger partial charge in [-0.3, -0.25) is 0 Å². The van der Waals surface area contributed by atoms with Gasteiger partial charge in [-0.25, -0.2) is 4.98 Å². The molecule has 4 nitrogen and oxygen atoms in total. The predicted octanol–water partition coefficient (Wildman–Crippen LogP) is 3.10. The molecule has 78 valence electrons. The first-order valence-corrected chi connectivity index (χ1v) is 5.37. The number of furan rings is 1. The van der Waals surface area contributed by atoms with E-state index < -0.39 is 0 Å². The van der Waals surface area contributed by atoms with E-state index >= 15 is 0 Å². The molecule has 0 bridgehead atoms. The minimum atomic E-state index is 0.208. The second-order valence-corrected chi connectivity index (χ2v) is 3.96. The molecule has 2 heterocycles. The maximum atomic E-state index is 5.67. The first-order valence-electron chi connectivity index (χ1n) is 4.20. The Morgan fingerprint density at radius 1 is 1.53 bits per heavy atom. The van der Waals surface area contributed by atoms with Crippen LogP contribution in [0.3, 0.4) is 0 Å². The van der Waals surface area contributed by atoms with Crippen LogP contribution in [0.1, 0.15) is 5.76 Å². The van der Waals surface area contributed by atoms with E-state index in [1.807, 2.05) is 12.1 Å². The Hall–Kier alpha value is -1.07. The summed E-state index contributed by atoms with van der Waals surface area (Å²) in [4.78, 5) is 7.86. The molecule has 2 aromatic rings. The maximum absolute atomic E-state index is 5.67. The maximum Gasteiger partial charge on any atom is 0.224 e. The quantitative estimate of drug-likeness (QED) is 0.882. The van der Waals surface area contributed by atoms with E-state index in [1.54, 1.807) is 12.5 Å². The molecule has 0 aromatic carbocycles. The zero-order valence-corrected chi connectivity index (χ0v) is 9.92. The van der Waals surface area contributed by atoms with Gasteiger partial charge in [-0.15, -0.1) is 0 Å². The standard InChI is InChI=1S/C9H7BrClN3O/c10-7-5-13-9(11)14-8(7)12-4-6-2-1-3-15-6/h1-3,5H,4H2,(H,12,13,14). The van der Waals surface area contributed by atoms with Crippen molar-refractivity contribution >= 4 is 33.3 Å². The molecule has 0 amide bonds. The summed E-state index contributed by atoms with van der Waals surface area (Å²) in [6, 6.07) is 3.71. The van der Waals surface area contributed by atoms with Crippen LogP contribution < -0.4 is 5.32 Å². The summed E-state index contributed by atoms with van der Waals surface area (Å²) >= 11 is 8.99. The lowest BCUT2D eigenvalue weighted by Gasteiger charge is -2.05. The van der Waals surface area contributed by atoms with Crippen LogP contribution in [-0.4, -0.2) is 9.97 Å². The number of nitrogens with one attached hydrogen (secondary N) is 1. The van der Waals surface area contributed by atoms with E-state index in [-0.39, 0.29) is 5.28 Å². The van der Waals surface area contributed by atoms with Crippen molar-refractivity contribution in [1.82, 2.24) is 9.97 Å². The second-order valence-electron chi connectivity index (χ2n) is 2.77. The minimum absolute atomic E-state index is 0.208. The Balaban J connectivity index is 2.07. The molecule has 15 heavy (non-hydrogen) atoms. The number of rotatable bonds is 3. The molecule has 0 saturated heterocycles. The molecule has 2 rings (SSSR count). The predicted molar refractivity (Wildman–Crippen MR) is 60.8 cm³/mol. The van der Waals surface area contributed by atoms with Crippen molar-refractivity contribution in [3.8, 4) is 0 Å². The SMILES string of the molecule is Clc1ncc(Br)c(NCc2ccco2)n1. The third-order valence-electron chi connectivity index (χ3n) is 1.72.